The van der Waals surface area contributed by atoms with E-state index in [1.165, 1.54) is 11.8 Å². The Kier molecular flexibility index (Phi) is 4.90. The lowest BCUT2D eigenvalue weighted by Gasteiger charge is -2.09. The number of benzene rings is 2. The molecule has 0 spiro atoms. The van der Waals surface area contributed by atoms with Crippen LogP contribution in [0.15, 0.2) is 64.8 Å². The second kappa shape index (κ2) is 7.65. The number of hydrogen-bond acceptors (Lipinski definition) is 5. The van der Waals surface area contributed by atoms with Crippen LogP contribution in [0.5, 0.6) is 5.75 Å². The number of hydrogen-bond donors (Lipinski definition) is 3. The molecule has 1 amide bonds. The summed E-state index contributed by atoms with van der Waals surface area (Å²) in [6, 6.07) is 12.8. The number of methoxy groups -OCH3 is 1. The number of fused-ring (bicyclic) bond motifs is 1. The van der Waals surface area contributed by atoms with Gasteiger partial charge in [0.1, 0.15) is 5.75 Å². The zero-order valence-electron chi connectivity index (χ0n) is 14.9. The first kappa shape index (κ1) is 17.9. The molecular weight excluding hydrogens is 378 g/mol. The fourth-order valence-corrected chi connectivity index (χ4v) is 3.56. The van der Waals surface area contributed by atoms with Gasteiger partial charge in [0.15, 0.2) is 5.16 Å². The van der Waals surface area contributed by atoms with Crippen LogP contribution in [0, 0.1) is 0 Å². The van der Waals surface area contributed by atoms with Crippen LogP contribution in [0.2, 0.25) is 0 Å². The van der Waals surface area contributed by atoms with E-state index in [2.05, 4.69) is 20.3 Å². The first-order valence-corrected chi connectivity index (χ1v) is 9.43. The van der Waals surface area contributed by atoms with Gasteiger partial charge in [0.05, 0.1) is 29.6 Å². The van der Waals surface area contributed by atoms with Crippen molar-refractivity contribution >= 4 is 34.4 Å². The smallest absolute Gasteiger partial charge is 0.323 e. The molecule has 0 aliphatic rings. The van der Waals surface area contributed by atoms with E-state index in [1.54, 1.807) is 31.5 Å². The molecule has 3 N–H and O–H groups in total. The van der Waals surface area contributed by atoms with Crippen molar-refractivity contribution in [1.82, 2.24) is 19.5 Å². The molecule has 0 radical (unpaired) electrons. The Morgan fingerprint density at radius 1 is 1.21 bits per heavy atom. The van der Waals surface area contributed by atoms with Gasteiger partial charge in [-0.25, -0.2) is 9.78 Å². The number of aromatic nitrogens is 4. The minimum Gasteiger partial charge on any atom is -0.497 e. The second-order valence-electron chi connectivity index (χ2n) is 5.96. The molecule has 4 rings (SSSR count). The predicted molar refractivity (Wildman–Crippen MR) is 108 cm³/mol. The maximum absolute atomic E-state index is 12.3. The Morgan fingerprint density at radius 2 is 2.07 bits per heavy atom. The van der Waals surface area contributed by atoms with Crippen molar-refractivity contribution in [3.8, 4) is 11.4 Å². The van der Waals surface area contributed by atoms with Crippen LogP contribution in [0.4, 0.5) is 5.69 Å². The Morgan fingerprint density at radius 3 is 2.93 bits per heavy atom. The molecule has 0 atom stereocenters. The van der Waals surface area contributed by atoms with Gasteiger partial charge in [0, 0.05) is 24.1 Å². The quantitative estimate of drug-likeness (QED) is 0.436. The van der Waals surface area contributed by atoms with E-state index in [4.69, 9.17) is 4.74 Å². The van der Waals surface area contributed by atoms with Crippen LogP contribution in [0.1, 0.15) is 0 Å². The van der Waals surface area contributed by atoms with Gasteiger partial charge in [-0.05, 0) is 30.3 Å². The monoisotopic (exact) mass is 395 g/mol. The first-order valence-electron chi connectivity index (χ1n) is 8.45. The van der Waals surface area contributed by atoms with Crippen molar-refractivity contribution in [3.63, 3.8) is 0 Å². The minimum absolute atomic E-state index is 0.164. The van der Waals surface area contributed by atoms with Crippen LogP contribution in [-0.4, -0.2) is 38.3 Å². The Balaban J connectivity index is 1.43. The largest absolute Gasteiger partial charge is 0.497 e. The number of carbonyl (C=O) groups is 1. The molecule has 0 aliphatic heterocycles. The van der Waals surface area contributed by atoms with Gasteiger partial charge in [-0.1, -0.05) is 17.8 Å². The first-order chi connectivity index (χ1) is 13.6. The molecule has 2 aromatic heterocycles. The van der Waals surface area contributed by atoms with E-state index in [9.17, 15) is 9.59 Å². The van der Waals surface area contributed by atoms with Crippen molar-refractivity contribution in [1.29, 1.82) is 0 Å². The minimum atomic E-state index is -0.279. The molecule has 0 aliphatic carbocycles. The summed E-state index contributed by atoms with van der Waals surface area (Å²) in [5.41, 5.74) is 2.58. The van der Waals surface area contributed by atoms with Crippen LogP contribution in [0.3, 0.4) is 0 Å². The van der Waals surface area contributed by atoms with Gasteiger partial charge in [-0.15, -0.1) is 0 Å². The molecular formula is C19H17N5O3S. The highest BCUT2D eigenvalue weighted by atomic mass is 32.2. The fourth-order valence-electron chi connectivity index (χ4n) is 2.79. The number of thioether (sulfide) groups is 1. The number of nitrogens with zero attached hydrogens (tertiary/aromatic N) is 2. The highest BCUT2D eigenvalue weighted by Crippen LogP contribution is 2.23. The number of imidazole rings is 2. The molecule has 4 aromatic rings. The van der Waals surface area contributed by atoms with Crippen LogP contribution in [0.25, 0.3) is 16.7 Å². The van der Waals surface area contributed by atoms with Crippen molar-refractivity contribution in [3.05, 3.63) is 65.3 Å². The average molecular weight is 395 g/mol. The Labute approximate surface area is 163 Å². The maximum atomic E-state index is 12.3. The summed E-state index contributed by atoms with van der Waals surface area (Å²) in [4.78, 5) is 33.3. The summed E-state index contributed by atoms with van der Waals surface area (Å²) in [5, 5.41) is 3.53. The van der Waals surface area contributed by atoms with E-state index in [0.29, 0.717) is 21.9 Å². The lowest BCUT2D eigenvalue weighted by molar-refractivity contribution is -0.113. The lowest BCUT2D eigenvalue weighted by Crippen LogP contribution is -2.14. The third-order valence-corrected chi connectivity index (χ3v) is 5.04. The number of H-pyrrole nitrogens is 2. The molecule has 0 saturated heterocycles. The van der Waals surface area contributed by atoms with Crippen molar-refractivity contribution < 1.29 is 9.53 Å². The summed E-state index contributed by atoms with van der Waals surface area (Å²) in [7, 11) is 1.62. The van der Waals surface area contributed by atoms with Gasteiger partial charge >= 0.3 is 5.69 Å². The molecule has 9 heteroatoms. The van der Waals surface area contributed by atoms with Gasteiger partial charge < -0.3 is 20.0 Å². The SMILES string of the molecule is COc1cccc(-n2ccnc2SCC(=O)Nc2ccc3[nH]c(=O)[nH]c3c2)c1. The normalized spacial score (nSPS) is 10.9. The van der Waals surface area contributed by atoms with Crippen LogP contribution >= 0.6 is 11.8 Å². The highest BCUT2D eigenvalue weighted by Gasteiger charge is 2.10. The number of carbonyl (C=O) groups excluding carboxylic acids is 1. The molecule has 0 fully saturated rings. The highest BCUT2D eigenvalue weighted by molar-refractivity contribution is 7.99. The topological polar surface area (TPSA) is 105 Å². The van der Waals surface area contributed by atoms with Crippen molar-refractivity contribution in [2.24, 2.45) is 0 Å². The molecule has 142 valence electrons. The number of nitrogens with one attached hydrogen (secondary N) is 3. The fraction of sp³-hybridized carbons (Fsp3) is 0.105. The van der Waals surface area contributed by atoms with Gasteiger partial charge in [-0.2, -0.15) is 0 Å². The van der Waals surface area contributed by atoms with E-state index < -0.39 is 0 Å². The zero-order chi connectivity index (χ0) is 19.5. The van der Waals surface area contributed by atoms with E-state index >= 15 is 0 Å². The van der Waals surface area contributed by atoms with Crippen molar-refractivity contribution in [2.75, 3.05) is 18.2 Å². The summed E-state index contributed by atoms with van der Waals surface area (Å²) in [5.74, 6) is 0.781. The molecule has 2 aromatic carbocycles. The zero-order valence-corrected chi connectivity index (χ0v) is 15.7. The molecule has 0 bridgehead atoms. The molecule has 2 heterocycles. The third-order valence-electron chi connectivity index (χ3n) is 4.07. The second-order valence-corrected chi connectivity index (χ2v) is 6.90. The molecule has 28 heavy (non-hydrogen) atoms. The lowest BCUT2D eigenvalue weighted by atomic mass is 10.3. The summed E-state index contributed by atoms with van der Waals surface area (Å²) in [6.45, 7) is 0. The summed E-state index contributed by atoms with van der Waals surface area (Å²) < 4.78 is 7.16. The molecule has 8 nitrogen and oxygen atoms in total. The molecule has 0 saturated carbocycles. The predicted octanol–water partition coefficient (Wildman–Crippen LogP) is 2.78. The number of aromatic amines is 2. The van der Waals surface area contributed by atoms with E-state index in [1.807, 2.05) is 35.0 Å². The number of amides is 1. The number of rotatable bonds is 6. The number of anilines is 1. The van der Waals surface area contributed by atoms with Gasteiger partial charge in [0.25, 0.3) is 0 Å². The number of ether oxygens (including phenoxy) is 1. The van der Waals surface area contributed by atoms with E-state index in [0.717, 1.165) is 11.4 Å². The van der Waals surface area contributed by atoms with Crippen LogP contribution < -0.4 is 15.7 Å². The van der Waals surface area contributed by atoms with Crippen LogP contribution in [-0.2, 0) is 4.79 Å². The summed E-state index contributed by atoms with van der Waals surface area (Å²) >= 11 is 1.33. The maximum Gasteiger partial charge on any atom is 0.323 e. The van der Waals surface area contributed by atoms with Gasteiger partial charge in [-0.3, -0.25) is 9.36 Å². The Hall–Kier alpha value is -3.46. The average Bonchev–Trinajstić information content (AvgIpc) is 3.31. The third kappa shape index (κ3) is 3.79. The van der Waals surface area contributed by atoms with Gasteiger partial charge in [0.2, 0.25) is 5.91 Å². The standard InChI is InChI=1S/C19H17N5O3S/c1-27-14-4-2-3-13(10-14)24-8-7-20-19(24)28-11-17(25)21-12-5-6-15-16(9-12)23-18(26)22-15/h2-10H,11H2,1H3,(H,21,25)(H2,22,23,26). The molecule has 0 unspecified atom stereocenters. The van der Waals surface area contributed by atoms with E-state index in [-0.39, 0.29) is 17.3 Å². The van der Waals surface area contributed by atoms with Crippen molar-refractivity contribution in [2.45, 2.75) is 5.16 Å². The Bertz CT molecular complexity index is 1190. The summed E-state index contributed by atoms with van der Waals surface area (Å²) in [6.07, 6.45) is 3.53.